The zero-order valence-electron chi connectivity index (χ0n) is 14.3. The van der Waals surface area contributed by atoms with Gasteiger partial charge in [-0.05, 0) is 30.9 Å². The van der Waals surface area contributed by atoms with Gasteiger partial charge < -0.3 is 14.8 Å². The molecule has 0 spiro atoms. The molecule has 2 rings (SSSR count). The first kappa shape index (κ1) is 18.7. The van der Waals surface area contributed by atoms with Gasteiger partial charge in [0.25, 0.3) is 5.91 Å². The third-order valence-electron chi connectivity index (χ3n) is 4.40. The zero-order chi connectivity index (χ0) is 18.4. The summed E-state index contributed by atoms with van der Waals surface area (Å²) in [5.74, 6) is -0.712. The minimum atomic E-state index is -0.794. The van der Waals surface area contributed by atoms with Gasteiger partial charge in [-0.2, -0.15) is 0 Å². The second-order valence-corrected chi connectivity index (χ2v) is 6.16. The Morgan fingerprint density at radius 1 is 1.32 bits per heavy atom. The SMILES string of the molecule is COc1ccc(C(=O)OCC(=O)N[C@H]2CCCC[C@@H]2C)cc1[N+](=O)[O-]. The smallest absolute Gasteiger partial charge is 0.338 e. The highest BCUT2D eigenvalue weighted by atomic mass is 16.6. The summed E-state index contributed by atoms with van der Waals surface area (Å²) in [6, 6.07) is 3.85. The number of benzene rings is 1. The second-order valence-electron chi connectivity index (χ2n) is 6.16. The lowest BCUT2D eigenvalue weighted by molar-refractivity contribution is -0.385. The first-order valence-corrected chi connectivity index (χ1v) is 8.21. The van der Waals surface area contributed by atoms with Crippen LogP contribution in [-0.4, -0.2) is 36.6 Å². The fourth-order valence-corrected chi connectivity index (χ4v) is 2.95. The van der Waals surface area contributed by atoms with Crippen LogP contribution in [0.25, 0.3) is 0 Å². The molecule has 0 saturated heterocycles. The minimum absolute atomic E-state index is 0.00802. The summed E-state index contributed by atoms with van der Waals surface area (Å²) >= 11 is 0. The van der Waals surface area contributed by atoms with Crippen molar-refractivity contribution in [3.63, 3.8) is 0 Å². The van der Waals surface area contributed by atoms with Gasteiger partial charge in [0.05, 0.1) is 17.6 Å². The van der Waals surface area contributed by atoms with Gasteiger partial charge in [0.15, 0.2) is 12.4 Å². The van der Waals surface area contributed by atoms with Crippen LogP contribution >= 0.6 is 0 Å². The fraction of sp³-hybridized carbons (Fsp3) is 0.529. The van der Waals surface area contributed by atoms with E-state index in [2.05, 4.69) is 12.2 Å². The van der Waals surface area contributed by atoms with Crippen LogP contribution in [0.15, 0.2) is 18.2 Å². The van der Waals surface area contributed by atoms with Crippen LogP contribution in [-0.2, 0) is 9.53 Å². The Morgan fingerprint density at radius 2 is 2.04 bits per heavy atom. The summed E-state index contributed by atoms with van der Waals surface area (Å²) < 4.78 is 9.84. The Kier molecular flexibility index (Phi) is 6.32. The molecule has 1 amide bonds. The lowest BCUT2D eigenvalue weighted by atomic mass is 9.86. The largest absolute Gasteiger partial charge is 0.490 e. The molecule has 0 heterocycles. The van der Waals surface area contributed by atoms with Gasteiger partial charge in [0.2, 0.25) is 0 Å². The van der Waals surface area contributed by atoms with Gasteiger partial charge in [0, 0.05) is 12.1 Å². The van der Waals surface area contributed by atoms with Crippen molar-refractivity contribution in [2.24, 2.45) is 5.92 Å². The number of carbonyl (C=O) groups excluding carboxylic acids is 2. The van der Waals surface area contributed by atoms with E-state index in [9.17, 15) is 19.7 Å². The predicted octanol–water partition coefficient (Wildman–Crippen LogP) is 2.46. The van der Waals surface area contributed by atoms with Crippen LogP contribution in [0.3, 0.4) is 0 Å². The van der Waals surface area contributed by atoms with Gasteiger partial charge in [-0.25, -0.2) is 4.79 Å². The highest BCUT2D eigenvalue weighted by Gasteiger charge is 2.24. The summed E-state index contributed by atoms with van der Waals surface area (Å²) in [6.45, 7) is 1.68. The molecular weight excluding hydrogens is 328 g/mol. The maximum Gasteiger partial charge on any atom is 0.338 e. The lowest BCUT2D eigenvalue weighted by Crippen LogP contribution is -2.42. The molecular formula is C17H22N2O6. The van der Waals surface area contributed by atoms with E-state index < -0.39 is 17.5 Å². The van der Waals surface area contributed by atoms with Gasteiger partial charge in [0.1, 0.15) is 0 Å². The second kappa shape index (κ2) is 8.46. The van der Waals surface area contributed by atoms with Crippen molar-refractivity contribution >= 4 is 17.6 Å². The fourth-order valence-electron chi connectivity index (χ4n) is 2.95. The molecule has 1 saturated carbocycles. The topological polar surface area (TPSA) is 108 Å². The van der Waals surface area contributed by atoms with E-state index in [1.165, 1.54) is 25.7 Å². The van der Waals surface area contributed by atoms with Crippen LogP contribution < -0.4 is 10.1 Å². The van der Waals surface area contributed by atoms with Crippen molar-refractivity contribution in [2.75, 3.05) is 13.7 Å². The van der Waals surface area contributed by atoms with Crippen molar-refractivity contribution < 1.29 is 24.0 Å². The van der Waals surface area contributed by atoms with Crippen LogP contribution in [0, 0.1) is 16.0 Å². The third-order valence-corrected chi connectivity index (χ3v) is 4.40. The average Bonchev–Trinajstić information content (AvgIpc) is 2.61. The van der Waals surface area contributed by atoms with Crippen molar-refractivity contribution in [3.8, 4) is 5.75 Å². The van der Waals surface area contributed by atoms with Crippen LogP contribution in [0.5, 0.6) is 5.75 Å². The lowest BCUT2D eigenvalue weighted by Gasteiger charge is -2.29. The first-order chi connectivity index (χ1) is 11.9. The Bertz CT molecular complexity index is 661. The van der Waals surface area contributed by atoms with E-state index in [1.54, 1.807) is 0 Å². The molecule has 0 aromatic heterocycles. The number of carbonyl (C=O) groups is 2. The molecule has 1 fully saturated rings. The summed E-state index contributed by atoms with van der Waals surface area (Å²) in [7, 11) is 1.30. The molecule has 8 nitrogen and oxygen atoms in total. The van der Waals surface area contributed by atoms with Gasteiger partial charge in [-0.1, -0.05) is 19.8 Å². The Labute approximate surface area is 145 Å². The highest BCUT2D eigenvalue weighted by molar-refractivity contribution is 5.92. The van der Waals surface area contributed by atoms with Crippen LogP contribution in [0.2, 0.25) is 0 Å². The molecule has 1 N–H and O–H groups in total. The molecule has 2 atom stereocenters. The minimum Gasteiger partial charge on any atom is -0.490 e. The number of nitrogens with zero attached hydrogens (tertiary/aromatic N) is 1. The van der Waals surface area contributed by atoms with Gasteiger partial charge in [-0.15, -0.1) is 0 Å². The van der Waals surface area contributed by atoms with E-state index in [4.69, 9.17) is 9.47 Å². The molecule has 136 valence electrons. The van der Waals surface area contributed by atoms with Crippen molar-refractivity contribution in [2.45, 2.75) is 38.6 Å². The normalized spacial score (nSPS) is 19.8. The molecule has 25 heavy (non-hydrogen) atoms. The van der Waals surface area contributed by atoms with Crippen LogP contribution in [0.4, 0.5) is 5.69 Å². The zero-order valence-corrected chi connectivity index (χ0v) is 14.3. The number of nitro groups is 1. The first-order valence-electron chi connectivity index (χ1n) is 8.21. The maximum atomic E-state index is 12.0. The van der Waals surface area contributed by atoms with Gasteiger partial charge in [-0.3, -0.25) is 14.9 Å². The number of ether oxygens (including phenoxy) is 2. The van der Waals surface area contributed by atoms with Crippen molar-refractivity contribution in [1.29, 1.82) is 0 Å². The molecule has 0 bridgehead atoms. The number of amides is 1. The summed E-state index contributed by atoms with van der Waals surface area (Å²) in [6.07, 6.45) is 4.23. The van der Waals surface area contributed by atoms with E-state index in [0.29, 0.717) is 5.92 Å². The Balaban J connectivity index is 1.92. The number of esters is 1. The molecule has 1 aliphatic rings. The molecule has 8 heteroatoms. The van der Waals surface area contributed by atoms with E-state index in [1.807, 2.05) is 0 Å². The highest BCUT2D eigenvalue weighted by Crippen LogP contribution is 2.27. The molecule has 1 aliphatic carbocycles. The summed E-state index contributed by atoms with van der Waals surface area (Å²) in [5, 5.41) is 13.9. The third kappa shape index (κ3) is 4.91. The summed E-state index contributed by atoms with van der Waals surface area (Å²) in [4.78, 5) is 34.3. The average molecular weight is 350 g/mol. The molecule has 1 aromatic carbocycles. The number of nitrogens with one attached hydrogen (secondary N) is 1. The molecule has 1 aromatic rings. The van der Waals surface area contributed by atoms with Crippen molar-refractivity contribution in [1.82, 2.24) is 5.32 Å². The van der Waals surface area contributed by atoms with Crippen LogP contribution in [0.1, 0.15) is 43.0 Å². The van der Waals surface area contributed by atoms with Crippen molar-refractivity contribution in [3.05, 3.63) is 33.9 Å². The van der Waals surface area contributed by atoms with E-state index in [0.717, 1.165) is 25.3 Å². The molecule has 0 radical (unpaired) electrons. The standard InChI is InChI=1S/C17H22N2O6/c1-11-5-3-4-6-13(11)18-16(20)10-25-17(21)12-7-8-15(24-2)14(9-12)19(22)23/h7-9,11,13H,3-6,10H2,1-2H3,(H,18,20)/t11-,13-/m0/s1. The number of rotatable bonds is 6. The molecule has 0 aliphatic heterocycles. The number of hydrogen-bond donors (Lipinski definition) is 1. The number of nitro benzene ring substituents is 1. The Hall–Kier alpha value is -2.64. The monoisotopic (exact) mass is 350 g/mol. The number of methoxy groups -OCH3 is 1. The quantitative estimate of drug-likeness (QED) is 0.480. The molecule has 0 unspecified atom stereocenters. The van der Waals surface area contributed by atoms with E-state index >= 15 is 0 Å². The maximum absolute atomic E-state index is 12.0. The Morgan fingerprint density at radius 3 is 2.68 bits per heavy atom. The van der Waals surface area contributed by atoms with E-state index in [-0.39, 0.29) is 28.9 Å². The number of hydrogen-bond acceptors (Lipinski definition) is 6. The van der Waals surface area contributed by atoms with Gasteiger partial charge >= 0.3 is 11.7 Å². The predicted molar refractivity (Wildman–Crippen MR) is 89.5 cm³/mol. The summed E-state index contributed by atoms with van der Waals surface area (Å²) in [5.41, 5.74) is -0.344.